The van der Waals surface area contributed by atoms with Gasteiger partial charge in [0.05, 0.1) is 16.5 Å². The summed E-state index contributed by atoms with van der Waals surface area (Å²) in [5, 5.41) is 1.17. The van der Waals surface area contributed by atoms with Crippen molar-refractivity contribution in [3.63, 3.8) is 0 Å². The van der Waals surface area contributed by atoms with E-state index >= 15 is 0 Å². The number of benzene rings is 2. The molecule has 0 saturated carbocycles. The Morgan fingerprint density at radius 1 is 0.885 bits per heavy atom. The molecule has 128 valence electrons. The number of fused-ring (bicyclic) bond motifs is 1. The van der Waals surface area contributed by atoms with Gasteiger partial charge >= 0.3 is 0 Å². The van der Waals surface area contributed by atoms with E-state index in [1.807, 2.05) is 55.5 Å². The van der Waals surface area contributed by atoms with Crippen LogP contribution in [-0.2, 0) is 10.8 Å². The quantitative estimate of drug-likeness (QED) is 0.504. The number of hydrogen-bond acceptors (Lipinski definition) is 4. The van der Waals surface area contributed by atoms with E-state index in [1.54, 1.807) is 6.20 Å². The second-order valence-electron chi connectivity index (χ2n) is 5.82. The van der Waals surface area contributed by atoms with Crippen LogP contribution < -0.4 is 0 Å². The minimum atomic E-state index is -1.20. The van der Waals surface area contributed by atoms with Crippen molar-refractivity contribution >= 4 is 21.8 Å². The van der Waals surface area contributed by atoms with Gasteiger partial charge in [-0.1, -0.05) is 67.6 Å². The highest BCUT2D eigenvalue weighted by atomic mass is 32.2. The Balaban J connectivity index is 1.98. The van der Waals surface area contributed by atoms with Crippen molar-refractivity contribution in [3.8, 4) is 22.4 Å². The SMILES string of the molecule is CCS(=O)c1ncc2cc(-c3ccccc3)c(-c3ccccc3)nc2n1. The summed E-state index contributed by atoms with van der Waals surface area (Å²) in [7, 11) is -1.20. The van der Waals surface area contributed by atoms with E-state index < -0.39 is 10.8 Å². The van der Waals surface area contributed by atoms with Gasteiger partial charge in [-0.15, -0.1) is 0 Å². The maximum atomic E-state index is 12.1. The molecule has 2 aromatic carbocycles. The monoisotopic (exact) mass is 359 g/mol. The van der Waals surface area contributed by atoms with Crippen molar-refractivity contribution in [1.82, 2.24) is 15.0 Å². The van der Waals surface area contributed by atoms with Gasteiger partial charge in [0.1, 0.15) is 0 Å². The topological polar surface area (TPSA) is 55.7 Å². The van der Waals surface area contributed by atoms with Crippen molar-refractivity contribution in [2.75, 3.05) is 5.75 Å². The molecule has 26 heavy (non-hydrogen) atoms. The van der Waals surface area contributed by atoms with Gasteiger partial charge in [0.15, 0.2) is 5.65 Å². The van der Waals surface area contributed by atoms with E-state index in [4.69, 9.17) is 4.98 Å². The fourth-order valence-corrected chi connectivity index (χ4v) is 3.46. The summed E-state index contributed by atoms with van der Waals surface area (Å²) in [6.07, 6.45) is 1.71. The van der Waals surface area contributed by atoms with Gasteiger partial charge in [-0.25, -0.2) is 15.0 Å². The molecule has 0 aliphatic rings. The molecule has 4 nitrogen and oxygen atoms in total. The van der Waals surface area contributed by atoms with Crippen LogP contribution in [0.4, 0.5) is 0 Å². The molecule has 2 aromatic heterocycles. The molecular weight excluding hydrogens is 342 g/mol. The summed E-state index contributed by atoms with van der Waals surface area (Å²) < 4.78 is 12.1. The van der Waals surface area contributed by atoms with Gasteiger partial charge < -0.3 is 0 Å². The van der Waals surface area contributed by atoms with Crippen molar-refractivity contribution in [1.29, 1.82) is 0 Å². The molecule has 0 spiro atoms. The summed E-state index contributed by atoms with van der Waals surface area (Å²) in [4.78, 5) is 13.5. The Kier molecular flexibility index (Phi) is 4.54. The first-order valence-electron chi connectivity index (χ1n) is 8.43. The lowest BCUT2D eigenvalue weighted by atomic mass is 9.98. The number of aromatic nitrogens is 3. The third-order valence-corrected chi connectivity index (χ3v) is 5.27. The first-order chi connectivity index (χ1) is 12.8. The molecule has 0 fully saturated rings. The highest BCUT2D eigenvalue weighted by molar-refractivity contribution is 7.84. The zero-order valence-corrected chi connectivity index (χ0v) is 15.1. The zero-order valence-electron chi connectivity index (χ0n) is 14.3. The molecule has 4 rings (SSSR count). The first kappa shape index (κ1) is 16.5. The van der Waals surface area contributed by atoms with Crippen LogP contribution in [0.15, 0.2) is 78.1 Å². The van der Waals surface area contributed by atoms with E-state index in [9.17, 15) is 4.21 Å². The molecular formula is C21H17N3OS. The van der Waals surface area contributed by atoms with Gasteiger partial charge in [-0.2, -0.15) is 0 Å². The molecule has 0 N–H and O–H groups in total. The third-order valence-electron chi connectivity index (χ3n) is 4.14. The minimum Gasteiger partial charge on any atom is -0.251 e. The summed E-state index contributed by atoms with van der Waals surface area (Å²) >= 11 is 0. The van der Waals surface area contributed by atoms with E-state index in [2.05, 4.69) is 28.2 Å². The van der Waals surface area contributed by atoms with E-state index in [0.29, 0.717) is 16.6 Å². The molecule has 0 amide bonds. The zero-order chi connectivity index (χ0) is 17.9. The lowest BCUT2D eigenvalue weighted by molar-refractivity contribution is 0.677. The maximum absolute atomic E-state index is 12.1. The summed E-state index contributed by atoms with van der Waals surface area (Å²) in [5.74, 6) is 0.485. The van der Waals surface area contributed by atoms with Gasteiger partial charge in [0.25, 0.3) is 0 Å². The Hall–Kier alpha value is -2.92. The normalized spacial score (nSPS) is 12.2. The predicted molar refractivity (Wildman–Crippen MR) is 105 cm³/mol. The van der Waals surface area contributed by atoms with Crippen LogP contribution in [0.25, 0.3) is 33.4 Å². The van der Waals surface area contributed by atoms with Crippen LogP contribution in [0.2, 0.25) is 0 Å². The second-order valence-corrected chi connectivity index (χ2v) is 7.45. The molecule has 1 unspecified atom stereocenters. The summed E-state index contributed by atoms with van der Waals surface area (Å²) in [6, 6.07) is 22.2. The molecule has 5 heteroatoms. The molecule has 0 saturated heterocycles. The van der Waals surface area contributed by atoms with Crippen molar-refractivity contribution < 1.29 is 4.21 Å². The van der Waals surface area contributed by atoms with Gasteiger partial charge in [0, 0.05) is 28.5 Å². The maximum Gasteiger partial charge on any atom is 0.220 e. The molecule has 4 aromatic rings. The van der Waals surface area contributed by atoms with Crippen LogP contribution in [0.5, 0.6) is 0 Å². The summed E-state index contributed by atoms with van der Waals surface area (Å²) in [5.41, 5.74) is 4.55. The number of nitrogens with zero attached hydrogens (tertiary/aromatic N) is 3. The molecule has 0 bridgehead atoms. The lowest BCUT2D eigenvalue weighted by Gasteiger charge is -2.11. The van der Waals surface area contributed by atoms with E-state index in [0.717, 1.165) is 27.8 Å². The Morgan fingerprint density at radius 3 is 2.19 bits per heavy atom. The number of hydrogen-bond donors (Lipinski definition) is 0. The van der Waals surface area contributed by atoms with Crippen molar-refractivity contribution in [2.45, 2.75) is 12.1 Å². The molecule has 1 atom stereocenters. The van der Waals surface area contributed by atoms with Crippen LogP contribution in [0.1, 0.15) is 6.92 Å². The van der Waals surface area contributed by atoms with Crippen LogP contribution >= 0.6 is 0 Å². The highest BCUT2D eigenvalue weighted by Crippen LogP contribution is 2.32. The number of rotatable bonds is 4. The van der Waals surface area contributed by atoms with Gasteiger partial charge in [-0.05, 0) is 11.6 Å². The van der Waals surface area contributed by atoms with Crippen molar-refractivity contribution in [3.05, 3.63) is 72.9 Å². The van der Waals surface area contributed by atoms with Crippen LogP contribution in [0.3, 0.4) is 0 Å². The van der Waals surface area contributed by atoms with E-state index in [-0.39, 0.29) is 0 Å². The van der Waals surface area contributed by atoms with Crippen molar-refractivity contribution in [2.24, 2.45) is 0 Å². The Morgan fingerprint density at radius 2 is 1.54 bits per heavy atom. The minimum absolute atomic E-state index is 0.332. The fourth-order valence-electron chi connectivity index (χ4n) is 2.84. The molecule has 0 aliphatic carbocycles. The van der Waals surface area contributed by atoms with Gasteiger partial charge in [-0.3, -0.25) is 4.21 Å². The first-order valence-corrected chi connectivity index (χ1v) is 9.75. The average molecular weight is 359 g/mol. The third kappa shape index (κ3) is 3.13. The Bertz CT molecular complexity index is 1080. The predicted octanol–water partition coefficient (Wildman–Crippen LogP) is 4.49. The van der Waals surface area contributed by atoms with Crippen LogP contribution in [-0.4, -0.2) is 24.9 Å². The average Bonchev–Trinajstić information content (AvgIpc) is 2.73. The lowest BCUT2D eigenvalue weighted by Crippen LogP contribution is -2.02. The van der Waals surface area contributed by atoms with Crippen LogP contribution in [0, 0.1) is 0 Å². The smallest absolute Gasteiger partial charge is 0.220 e. The molecule has 0 radical (unpaired) electrons. The largest absolute Gasteiger partial charge is 0.251 e. The highest BCUT2D eigenvalue weighted by Gasteiger charge is 2.14. The Labute approximate surface area is 154 Å². The standard InChI is InChI=1S/C21H17N3OS/c1-2-26(25)21-22-14-17-13-18(15-9-5-3-6-10-15)19(23-20(17)24-21)16-11-7-4-8-12-16/h3-14H,2H2,1H3. The number of pyridine rings is 1. The fraction of sp³-hybridized carbons (Fsp3) is 0.0952. The van der Waals surface area contributed by atoms with E-state index in [1.165, 1.54) is 0 Å². The second kappa shape index (κ2) is 7.14. The molecule has 0 aliphatic heterocycles. The van der Waals surface area contributed by atoms with Gasteiger partial charge in [0.2, 0.25) is 5.16 Å². The summed E-state index contributed by atoms with van der Waals surface area (Å²) in [6.45, 7) is 1.85. The molecule has 2 heterocycles.